The maximum atomic E-state index is 10.1. The number of carbonyl (C=O) groups excluding carboxylic acids is 2. The van der Waals surface area contributed by atoms with E-state index in [2.05, 4.69) is 5.73 Å². The Hall–Kier alpha value is -1.57. The Kier molecular flexibility index (Phi) is 2.84. The summed E-state index contributed by atoms with van der Waals surface area (Å²) < 4.78 is 0. The van der Waals surface area contributed by atoms with E-state index in [0.29, 0.717) is 0 Å². The van der Waals surface area contributed by atoms with Crippen molar-refractivity contribution in [1.29, 1.82) is 5.26 Å². The van der Waals surface area contributed by atoms with Crippen LogP contribution < -0.4 is 11.1 Å². The second kappa shape index (κ2) is 3.43. The van der Waals surface area contributed by atoms with Crippen molar-refractivity contribution in [2.24, 2.45) is 5.73 Å². The summed E-state index contributed by atoms with van der Waals surface area (Å²) in [5.41, 5.74) is 4.65. The standard InChI is InChI=1S/C4H5N3O2/c5-1-3(4(6)9)7-2-8/h2-3H,(H2,6,9)(H,7,8). The first-order valence-electron chi connectivity index (χ1n) is 2.11. The van der Waals surface area contributed by atoms with Crippen LogP contribution in [0.1, 0.15) is 0 Å². The van der Waals surface area contributed by atoms with Crippen molar-refractivity contribution < 1.29 is 9.59 Å². The van der Waals surface area contributed by atoms with Crippen LogP contribution in [-0.2, 0) is 9.59 Å². The second-order valence-electron chi connectivity index (χ2n) is 1.25. The van der Waals surface area contributed by atoms with Gasteiger partial charge in [-0.15, -0.1) is 0 Å². The number of hydrogen-bond donors (Lipinski definition) is 2. The SMILES string of the molecule is N#CC(NC=O)C(N)=O. The van der Waals surface area contributed by atoms with E-state index < -0.39 is 11.9 Å². The molecule has 5 nitrogen and oxygen atoms in total. The van der Waals surface area contributed by atoms with E-state index >= 15 is 0 Å². The third kappa shape index (κ3) is 2.29. The maximum Gasteiger partial charge on any atom is 0.254 e. The summed E-state index contributed by atoms with van der Waals surface area (Å²) in [7, 11) is 0. The Morgan fingerprint density at radius 2 is 2.44 bits per heavy atom. The summed E-state index contributed by atoms with van der Waals surface area (Å²) in [5.74, 6) is -0.857. The van der Waals surface area contributed by atoms with Gasteiger partial charge >= 0.3 is 0 Å². The first-order valence-corrected chi connectivity index (χ1v) is 2.11. The van der Waals surface area contributed by atoms with Gasteiger partial charge in [0.2, 0.25) is 6.41 Å². The highest BCUT2D eigenvalue weighted by Crippen LogP contribution is 1.72. The van der Waals surface area contributed by atoms with E-state index in [1.54, 1.807) is 0 Å². The minimum Gasteiger partial charge on any atom is -0.367 e. The Bertz CT molecular complexity index is 160. The lowest BCUT2D eigenvalue weighted by Gasteiger charge is -1.98. The van der Waals surface area contributed by atoms with Gasteiger partial charge < -0.3 is 11.1 Å². The summed E-state index contributed by atoms with van der Waals surface area (Å²) in [5, 5.41) is 9.97. The summed E-state index contributed by atoms with van der Waals surface area (Å²) in [6.45, 7) is 0. The largest absolute Gasteiger partial charge is 0.367 e. The molecule has 0 aromatic heterocycles. The van der Waals surface area contributed by atoms with Gasteiger partial charge in [0, 0.05) is 0 Å². The highest BCUT2D eigenvalue weighted by molar-refractivity contribution is 5.84. The lowest BCUT2D eigenvalue weighted by molar-refractivity contribution is -0.121. The molecule has 1 unspecified atom stereocenters. The normalized spacial score (nSPS) is 11.0. The number of amides is 2. The fraction of sp³-hybridized carbons (Fsp3) is 0.250. The summed E-state index contributed by atoms with van der Waals surface area (Å²) in [6, 6.07) is 0.279. The van der Waals surface area contributed by atoms with Crippen LogP contribution in [0.5, 0.6) is 0 Å². The molecule has 1 atom stereocenters. The van der Waals surface area contributed by atoms with Crippen LogP contribution in [0.2, 0.25) is 0 Å². The van der Waals surface area contributed by atoms with E-state index in [0.717, 1.165) is 0 Å². The number of nitriles is 1. The molecule has 2 amide bonds. The van der Waals surface area contributed by atoms with Crippen LogP contribution in [0.25, 0.3) is 0 Å². The number of nitrogens with zero attached hydrogens (tertiary/aromatic N) is 1. The van der Waals surface area contributed by atoms with Crippen molar-refractivity contribution in [2.75, 3.05) is 0 Å². The predicted octanol–water partition coefficient (Wildman–Crippen LogP) is -1.89. The number of rotatable bonds is 3. The van der Waals surface area contributed by atoms with Gasteiger partial charge in [-0.05, 0) is 0 Å². The molecule has 9 heavy (non-hydrogen) atoms. The number of hydrogen-bond acceptors (Lipinski definition) is 3. The predicted molar refractivity (Wildman–Crippen MR) is 27.8 cm³/mol. The van der Waals surface area contributed by atoms with Gasteiger partial charge in [-0.2, -0.15) is 5.26 Å². The van der Waals surface area contributed by atoms with Gasteiger partial charge in [0.05, 0.1) is 6.07 Å². The van der Waals surface area contributed by atoms with Crippen molar-refractivity contribution in [2.45, 2.75) is 6.04 Å². The molecule has 0 rings (SSSR count). The molecule has 0 bridgehead atoms. The van der Waals surface area contributed by atoms with E-state index in [4.69, 9.17) is 5.26 Å². The fourth-order valence-corrected chi connectivity index (χ4v) is 0.251. The zero-order valence-electron chi connectivity index (χ0n) is 4.50. The van der Waals surface area contributed by atoms with Crippen molar-refractivity contribution in [3.63, 3.8) is 0 Å². The van der Waals surface area contributed by atoms with Crippen molar-refractivity contribution in [1.82, 2.24) is 5.32 Å². The summed E-state index contributed by atoms with van der Waals surface area (Å²) >= 11 is 0. The van der Waals surface area contributed by atoms with E-state index in [1.807, 2.05) is 5.32 Å². The maximum absolute atomic E-state index is 10.1. The molecule has 48 valence electrons. The molecule has 0 aliphatic rings. The summed E-state index contributed by atoms with van der Waals surface area (Å²) in [6.07, 6.45) is 0.249. The van der Waals surface area contributed by atoms with Crippen molar-refractivity contribution >= 4 is 12.3 Å². The molecule has 5 heteroatoms. The molecular weight excluding hydrogens is 122 g/mol. The fourth-order valence-electron chi connectivity index (χ4n) is 0.251. The van der Waals surface area contributed by atoms with E-state index in [9.17, 15) is 9.59 Å². The van der Waals surface area contributed by atoms with Crippen LogP contribution in [0.4, 0.5) is 0 Å². The highest BCUT2D eigenvalue weighted by atomic mass is 16.2. The third-order valence-electron chi connectivity index (χ3n) is 0.648. The molecule has 0 spiro atoms. The Morgan fingerprint density at radius 3 is 2.56 bits per heavy atom. The smallest absolute Gasteiger partial charge is 0.254 e. The van der Waals surface area contributed by atoms with Crippen LogP contribution in [-0.4, -0.2) is 18.4 Å². The summed E-state index contributed by atoms with van der Waals surface area (Å²) in [4.78, 5) is 19.7. The Morgan fingerprint density at radius 1 is 1.89 bits per heavy atom. The van der Waals surface area contributed by atoms with E-state index in [-0.39, 0.29) is 6.41 Å². The van der Waals surface area contributed by atoms with Crippen LogP contribution in [0.3, 0.4) is 0 Å². The molecule has 0 aliphatic heterocycles. The minimum absolute atomic E-state index is 0.249. The Balaban J connectivity index is 3.86. The van der Waals surface area contributed by atoms with Crippen LogP contribution in [0.15, 0.2) is 0 Å². The number of nitrogens with two attached hydrogens (primary N) is 1. The molecule has 0 aromatic carbocycles. The topological polar surface area (TPSA) is 96.0 Å². The monoisotopic (exact) mass is 127 g/mol. The van der Waals surface area contributed by atoms with Gasteiger partial charge in [-0.1, -0.05) is 0 Å². The van der Waals surface area contributed by atoms with Gasteiger partial charge in [0.15, 0.2) is 6.04 Å². The van der Waals surface area contributed by atoms with Crippen molar-refractivity contribution in [3.8, 4) is 6.07 Å². The van der Waals surface area contributed by atoms with Crippen LogP contribution >= 0.6 is 0 Å². The molecule has 0 heterocycles. The average Bonchev–Trinajstić information content (AvgIpc) is 1.82. The zero-order valence-corrected chi connectivity index (χ0v) is 4.50. The molecule has 0 saturated heterocycles. The molecule has 0 saturated carbocycles. The van der Waals surface area contributed by atoms with Crippen molar-refractivity contribution in [3.05, 3.63) is 0 Å². The first-order chi connectivity index (χ1) is 4.22. The first kappa shape index (κ1) is 7.43. The lowest BCUT2D eigenvalue weighted by atomic mass is 10.3. The molecule has 0 aromatic rings. The van der Waals surface area contributed by atoms with Gasteiger partial charge in [-0.3, -0.25) is 9.59 Å². The number of primary amides is 1. The van der Waals surface area contributed by atoms with Gasteiger partial charge in [-0.25, -0.2) is 0 Å². The molecule has 3 N–H and O–H groups in total. The molecule has 0 fully saturated rings. The van der Waals surface area contributed by atoms with Gasteiger partial charge in [0.25, 0.3) is 5.91 Å². The second-order valence-corrected chi connectivity index (χ2v) is 1.25. The number of nitrogens with one attached hydrogen (secondary N) is 1. The van der Waals surface area contributed by atoms with E-state index in [1.165, 1.54) is 6.07 Å². The minimum atomic E-state index is -1.21. The molecule has 0 radical (unpaired) electrons. The van der Waals surface area contributed by atoms with Crippen LogP contribution in [0, 0.1) is 11.3 Å². The Labute approximate surface area is 51.4 Å². The quantitative estimate of drug-likeness (QED) is 0.434. The number of carbonyl (C=O) groups is 2. The molecular formula is C4H5N3O2. The molecule has 0 aliphatic carbocycles. The lowest BCUT2D eigenvalue weighted by Crippen LogP contribution is -2.39. The highest BCUT2D eigenvalue weighted by Gasteiger charge is 2.10. The zero-order chi connectivity index (χ0) is 7.28. The third-order valence-corrected chi connectivity index (χ3v) is 0.648. The average molecular weight is 127 g/mol. The van der Waals surface area contributed by atoms with Gasteiger partial charge in [0.1, 0.15) is 0 Å².